The third-order valence-corrected chi connectivity index (χ3v) is 5.34. The largest absolute Gasteiger partial charge is 0.497 e. The summed E-state index contributed by atoms with van der Waals surface area (Å²) in [6.45, 7) is 5.95. The normalized spacial score (nSPS) is 17.2. The maximum atomic E-state index is 5.99. The molecule has 1 fully saturated rings. The average molecular weight is 412 g/mol. The van der Waals surface area contributed by atoms with E-state index in [0.29, 0.717) is 13.2 Å². The molecule has 0 radical (unpaired) electrons. The SMILES string of the molecule is COc1ccc(OCCc2cc(C3CN(Cc4cn(C)nc4C)CCO3)n[nH]2)cc1. The van der Waals surface area contributed by atoms with Crippen LogP contribution < -0.4 is 9.47 Å². The zero-order valence-electron chi connectivity index (χ0n) is 17.8. The summed E-state index contributed by atoms with van der Waals surface area (Å²) in [5, 5.41) is 12.0. The Kier molecular flexibility index (Phi) is 6.35. The molecule has 1 aliphatic heterocycles. The summed E-state index contributed by atoms with van der Waals surface area (Å²) >= 11 is 0. The summed E-state index contributed by atoms with van der Waals surface area (Å²) in [5.74, 6) is 1.65. The summed E-state index contributed by atoms with van der Waals surface area (Å²) in [6, 6.07) is 9.68. The predicted molar refractivity (Wildman–Crippen MR) is 113 cm³/mol. The maximum Gasteiger partial charge on any atom is 0.119 e. The van der Waals surface area contributed by atoms with E-state index in [9.17, 15) is 0 Å². The third kappa shape index (κ3) is 5.01. The van der Waals surface area contributed by atoms with E-state index in [2.05, 4.69) is 39.4 Å². The fourth-order valence-corrected chi connectivity index (χ4v) is 3.69. The lowest BCUT2D eigenvalue weighted by Crippen LogP contribution is -2.38. The van der Waals surface area contributed by atoms with E-state index < -0.39 is 0 Å². The van der Waals surface area contributed by atoms with Gasteiger partial charge in [-0.3, -0.25) is 14.7 Å². The van der Waals surface area contributed by atoms with Gasteiger partial charge < -0.3 is 14.2 Å². The first kappa shape index (κ1) is 20.4. The highest BCUT2D eigenvalue weighted by Crippen LogP contribution is 2.23. The molecule has 160 valence electrons. The van der Waals surface area contributed by atoms with Gasteiger partial charge in [0.1, 0.15) is 17.6 Å². The number of nitrogens with zero attached hydrogens (tertiary/aromatic N) is 4. The van der Waals surface area contributed by atoms with Gasteiger partial charge in [-0.25, -0.2) is 0 Å². The zero-order valence-corrected chi connectivity index (χ0v) is 17.8. The molecule has 1 unspecified atom stereocenters. The van der Waals surface area contributed by atoms with Crippen LogP contribution in [-0.2, 0) is 24.8 Å². The molecule has 1 aromatic carbocycles. The van der Waals surface area contributed by atoms with Crippen molar-refractivity contribution in [1.29, 1.82) is 0 Å². The first-order valence-electron chi connectivity index (χ1n) is 10.2. The molecule has 30 heavy (non-hydrogen) atoms. The summed E-state index contributed by atoms with van der Waals surface area (Å²) in [7, 11) is 3.61. The maximum absolute atomic E-state index is 5.99. The Morgan fingerprint density at radius 3 is 2.77 bits per heavy atom. The summed E-state index contributed by atoms with van der Waals surface area (Å²) in [5.41, 5.74) is 4.33. The fraction of sp³-hybridized carbons (Fsp3) is 0.455. The molecular formula is C22H29N5O3. The van der Waals surface area contributed by atoms with Crippen LogP contribution in [0.5, 0.6) is 11.5 Å². The molecule has 8 nitrogen and oxygen atoms in total. The van der Waals surface area contributed by atoms with Crippen molar-refractivity contribution in [3.63, 3.8) is 0 Å². The molecular weight excluding hydrogens is 382 g/mol. The van der Waals surface area contributed by atoms with E-state index in [1.54, 1.807) is 7.11 Å². The number of hydrogen-bond acceptors (Lipinski definition) is 6. The Balaban J connectivity index is 1.28. The second kappa shape index (κ2) is 9.32. The number of hydrogen-bond donors (Lipinski definition) is 1. The number of benzene rings is 1. The number of aromatic nitrogens is 4. The molecule has 2 aromatic heterocycles. The highest BCUT2D eigenvalue weighted by molar-refractivity contribution is 5.31. The van der Waals surface area contributed by atoms with Crippen LogP contribution in [0.15, 0.2) is 36.5 Å². The summed E-state index contributed by atoms with van der Waals surface area (Å²) in [6.07, 6.45) is 2.82. The molecule has 1 N–H and O–H groups in total. The molecule has 1 aliphatic rings. The number of morpholine rings is 1. The average Bonchev–Trinajstić information content (AvgIpc) is 3.35. The summed E-state index contributed by atoms with van der Waals surface area (Å²) < 4.78 is 18.8. The van der Waals surface area contributed by atoms with E-state index in [1.165, 1.54) is 5.56 Å². The van der Waals surface area contributed by atoms with E-state index in [-0.39, 0.29) is 6.10 Å². The standard InChI is InChI=1S/C22H29N5O3/c1-16-17(13-26(2)25-16)14-27-9-11-30-22(15-27)21-12-18(23-24-21)8-10-29-20-6-4-19(28-3)5-7-20/h4-7,12-13,22H,8-11,14-15H2,1-3H3,(H,23,24). The Bertz CT molecular complexity index is 950. The molecule has 0 bridgehead atoms. The molecule has 0 aliphatic carbocycles. The second-order valence-corrected chi connectivity index (χ2v) is 7.60. The van der Waals surface area contributed by atoms with Gasteiger partial charge in [0.2, 0.25) is 0 Å². The van der Waals surface area contributed by atoms with Crippen LogP contribution in [0.4, 0.5) is 0 Å². The Morgan fingerprint density at radius 2 is 2.03 bits per heavy atom. The van der Waals surface area contributed by atoms with Gasteiger partial charge in [0, 0.05) is 50.6 Å². The molecule has 1 saturated heterocycles. The topological polar surface area (TPSA) is 77.4 Å². The van der Waals surface area contributed by atoms with Gasteiger partial charge >= 0.3 is 0 Å². The number of H-pyrrole nitrogens is 1. The second-order valence-electron chi connectivity index (χ2n) is 7.60. The van der Waals surface area contributed by atoms with Crippen molar-refractivity contribution < 1.29 is 14.2 Å². The first-order valence-corrected chi connectivity index (χ1v) is 10.2. The fourth-order valence-electron chi connectivity index (χ4n) is 3.69. The molecule has 0 spiro atoms. The summed E-state index contributed by atoms with van der Waals surface area (Å²) in [4.78, 5) is 2.40. The highest BCUT2D eigenvalue weighted by Gasteiger charge is 2.25. The lowest BCUT2D eigenvalue weighted by Gasteiger charge is -2.31. The van der Waals surface area contributed by atoms with Crippen LogP contribution in [-0.4, -0.2) is 58.3 Å². The quantitative estimate of drug-likeness (QED) is 0.614. The van der Waals surface area contributed by atoms with Crippen LogP contribution in [0.1, 0.15) is 28.7 Å². The number of rotatable bonds is 8. The van der Waals surface area contributed by atoms with Crippen molar-refractivity contribution in [1.82, 2.24) is 24.9 Å². The minimum absolute atomic E-state index is 0.0248. The highest BCUT2D eigenvalue weighted by atomic mass is 16.5. The molecule has 3 aromatic rings. The molecule has 8 heteroatoms. The van der Waals surface area contributed by atoms with E-state index in [4.69, 9.17) is 14.2 Å². The van der Waals surface area contributed by atoms with Gasteiger partial charge in [-0.1, -0.05) is 0 Å². The Labute approximate surface area is 176 Å². The lowest BCUT2D eigenvalue weighted by molar-refractivity contribution is -0.0350. The van der Waals surface area contributed by atoms with Crippen molar-refractivity contribution in [3.8, 4) is 11.5 Å². The number of ether oxygens (including phenoxy) is 3. The van der Waals surface area contributed by atoms with Crippen molar-refractivity contribution in [2.75, 3.05) is 33.4 Å². The Morgan fingerprint density at radius 1 is 1.23 bits per heavy atom. The van der Waals surface area contributed by atoms with Crippen LogP contribution in [0.25, 0.3) is 0 Å². The van der Waals surface area contributed by atoms with Crippen LogP contribution in [0.3, 0.4) is 0 Å². The van der Waals surface area contributed by atoms with Gasteiger partial charge in [-0.05, 0) is 37.3 Å². The lowest BCUT2D eigenvalue weighted by atomic mass is 10.1. The number of nitrogens with one attached hydrogen (secondary N) is 1. The van der Waals surface area contributed by atoms with E-state index in [0.717, 1.165) is 54.6 Å². The van der Waals surface area contributed by atoms with Gasteiger partial charge in [-0.2, -0.15) is 10.2 Å². The number of aryl methyl sites for hydroxylation is 2. The van der Waals surface area contributed by atoms with Crippen molar-refractivity contribution in [2.45, 2.75) is 26.0 Å². The van der Waals surface area contributed by atoms with Gasteiger partial charge in [-0.15, -0.1) is 0 Å². The molecule has 4 rings (SSSR count). The van der Waals surface area contributed by atoms with Crippen molar-refractivity contribution >= 4 is 0 Å². The Hall–Kier alpha value is -2.84. The molecule has 0 saturated carbocycles. The molecule has 0 amide bonds. The van der Waals surface area contributed by atoms with Crippen molar-refractivity contribution in [3.05, 3.63) is 59.2 Å². The molecule has 3 heterocycles. The smallest absolute Gasteiger partial charge is 0.119 e. The zero-order chi connectivity index (χ0) is 20.9. The predicted octanol–water partition coefficient (Wildman–Crippen LogP) is 2.66. The van der Waals surface area contributed by atoms with Gasteiger partial charge in [0.15, 0.2) is 0 Å². The van der Waals surface area contributed by atoms with Crippen LogP contribution in [0, 0.1) is 6.92 Å². The van der Waals surface area contributed by atoms with Crippen molar-refractivity contribution in [2.24, 2.45) is 7.05 Å². The van der Waals surface area contributed by atoms with E-state index in [1.807, 2.05) is 36.0 Å². The third-order valence-electron chi connectivity index (χ3n) is 5.34. The van der Waals surface area contributed by atoms with Crippen LogP contribution >= 0.6 is 0 Å². The van der Waals surface area contributed by atoms with Gasteiger partial charge in [0.25, 0.3) is 0 Å². The minimum Gasteiger partial charge on any atom is -0.497 e. The number of aromatic amines is 1. The minimum atomic E-state index is -0.0248. The number of methoxy groups -OCH3 is 1. The first-order chi connectivity index (χ1) is 14.6. The van der Waals surface area contributed by atoms with Crippen LogP contribution in [0.2, 0.25) is 0 Å². The van der Waals surface area contributed by atoms with Gasteiger partial charge in [0.05, 0.1) is 31.7 Å². The monoisotopic (exact) mass is 411 g/mol. The van der Waals surface area contributed by atoms with E-state index >= 15 is 0 Å². The molecule has 1 atom stereocenters.